The van der Waals surface area contributed by atoms with Gasteiger partial charge in [0.05, 0.1) is 12.2 Å². The highest BCUT2D eigenvalue weighted by molar-refractivity contribution is 4.87. The Kier molecular flexibility index (Phi) is 3.58. The summed E-state index contributed by atoms with van der Waals surface area (Å²) < 4.78 is 0. The molecule has 2 unspecified atom stereocenters. The molecule has 1 fully saturated rings. The Morgan fingerprint density at radius 2 is 2.08 bits per heavy atom. The third-order valence-corrected chi connectivity index (χ3v) is 2.32. The first-order valence-corrected chi connectivity index (χ1v) is 4.55. The fourth-order valence-corrected chi connectivity index (χ4v) is 1.34. The number of hydrogen-bond donors (Lipinski definition) is 2. The molecular weight excluding hydrogens is 152 g/mol. The van der Waals surface area contributed by atoms with Crippen LogP contribution in [0.5, 0.6) is 0 Å². The third kappa shape index (κ3) is 2.84. The van der Waals surface area contributed by atoms with Gasteiger partial charge in [-0.15, -0.1) is 12.3 Å². The van der Waals surface area contributed by atoms with Gasteiger partial charge in [0.1, 0.15) is 0 Å². The van der Waals surface area contributed by atoms with Crippen LogP contribution < -0.4 is 0 Å². The normalized spacial score (nSPS) is 21.4. The van der Waals surface area contributed by atoms with Crippen molar-refractivity contribution in [2.45, 2.75) is 44.3 Å². The van der Waals surface area contributed by atoms with Gasteiger partial charge >= 0.3 is 0 Å². The molecule has 2 atom stereocenters. The van der Waals surface area contributed by atoms with Crippen molar-refractivity contribution >= 4 is 0 Å². The van der Waals surface area contributed by atoms with Gasteiger partial charge < -0.3 is 10.2 Å². The molecule has 0 saturated heterocycles. The first-order chi connectivity index (χ1) is 5.75. The number of terminal acetylenes is 1. The molecule has 68 valence electrons. The average molecular weight is 168 g/mol. The summed E-state index contributed by atoms with van der Waals surface area (Å²) in [6.07, 6.45) is 8.24. The molecule has 1 aliphatic rings. The minimum atomic E-state index is -0.564. The molecule has 0 amide bonds. The number of hydrogen-bond acceptors (Lipinski definition) is 2. The Morgan fingerprint density at radius 3 is 2.58 bits per heavy atom. The zero-order valence-corrected chi connectivity index (χ0v) is 7.24. The highest BCUT2D eigenvalue weighted by atomic mass is 16.3. The van der Waals surface area contributed by atoms with Crippen molar-refractivity contribution in [2.24, 2.45) is 5.92 Å². The van der Waals surface area contributed by atoms with Gasteiger partial charge in [0.25, 0.3) is 0 Å². The van der Waals surface area contributed by atoms with E-state index in [2.05, 4.69) is 5.92 Å². The third-order valence-electron chi connectivity index (χ3n) is 2.32. The molecule has 12 heavy (non-hydrogen) atoms. The lowest BCUT2D eigenvalue weighted by molar-refractivity contribution is 0.000862. The molecular formula is C10H16O2. The van der Waals surface area contributed by atoms with Crippen molar-refractivity contribution in [3.63, 3.8) is 0 Å². The summed E-state index contributed by atoms with van der Waals surface area (Å²) in [6, 6.07) is 0. The van der Waals surface area contributed by atoms with Crippen LogP contribution in [-0.4, -0.2) is 22.4 Å². The molecule has 0 aromatic rings. The first-order valence-electron chi connectivity index (χ1n) is 4.55. The molecule has 0 heterocycles. The van der Waals surface area contributed by atoms with E-state index in [1.54, 1.807) is 0 Å². The van der Waals surface area contributed by atoms with E-state index < -0.39 is 12.2 Å². The van der Waals surface area contributed by atoms with Crippen LogP contribution in [-0.2, 0) is 0 Å². The Morgan fingerprint density at radius 1 is 1.42 bits per heavy atom. The van der Waals surface area contributed by atoms with Crippen LogP contribution in [0.2, 0.25) is 0 Å². The summed E-state index contributed by atoms with van der Waals surface area (Å²) in [7, 11) is 0. The number of rotatable bonds is 5. The van der Waals surface area contributed by atoms with E-state index >= 15 is 0 Å². The fraction of sp³-hybridized carbons (Fsp3) is 0.800. The number of aliphatic hydroxyl groups excluding tert-OH is 2. The topological polar surface area (TPSA) is 40.5 Å². The van der Waals surface area contributed by atoms with Crippen LogP contribution in [0.4, 0.5) is 0 Å². The molecule has 1 aliphatic carbocycles. The van der Waals surface area contributed by atoms with Crippen molar-refractivity contribution in [3.05, 3.63) is 0 Å². The van der Waals surface area contributed by atoms with Gasteiger partial charge in [0.2, 0.25) is 0 Å². The van der Waals surface area contributed by atoms with Crippen LogP contribution >= 0.6 is 0 Å². The highest BCUT2D eigenvalue weighted by Gasteiger charge is 2.33. The van der Waals surface area contributed by atoms with E-state index in [-0.39, 0.29) is 0 Å². The largest absolute Gasteiger partial charge is 0.390 e. The van der Waals surface area contributed by atoms with Crippen LogP contribution in [0.3, 0.4) is 0 Å². The lowest BCUT2D eigenvalue weighted by Crippen LogP contribution is -2.27. The van der Waals surface area contributed by atoms with E-state index in [1.165, 1.54) is 0 Å². The highest BCUT2D eigenvalue weighted by Crippen LogP contribution is 2.34. The van der Waals surface area contributed by atoms with Gasteiger partial charge in [0.15, 0.2) is 0 Å². The van der Waals surface area contributed by atoms with Crippen molar-refractivity contribution in [1.29, 1.82) is 0 Å². The standard InChI is InChI=1S/C10H16O2/c1-2-3-4-5-9(11)10(12)8-6-7-8/h1,8-12H,3-7H2. The van der Waals surface area contributed by atoms with Gasteiger partial charge in [-0.1, -0.05) is 0 Å². The predicted molar refractivity (Wildman–Crippen MR) is 47.4 cm³/mol. The van der Waals surface area contributed by atoms with Crippen LogP contribution in [0.15, 0.2) is 0 Å². The smallest absolute Gasteiger partial charge is 0.0827 e. The molecule has 0 aliphatic heterocycles. The molecule has 2 N–H and O–H groups in total. The van der Waals surface area contributed by atoms with Crippen molar-refractivity contribution < 1.29 is 10.2 Å². The Hall–Kier alpha value is -0.520. The lowest BCUT2D eigenvalue weighted by Gasteiger charge is -2.16. The van der Waals surface area contributed by atoms with E-state index in [0.717, 1.165) is 19.3 Å². The molecule has 1 rings (SSSR count). The summed E-state index contributed by atoms with van der Waals surface area (Å²) in [4.78, 5) is 0. The maximum Gasteiger partial charge on any atom is 0.0827 e. The van der Waals surface area contributed by atoms with Crippen molar-refractivity contribution in [2.75, 3.05) is 0 Å². The van der Waals surface area contributed by atoms with Crippen LogP contribution in [0, 0.1) is 18.3 Å². The molecule has 1 saturated carbocycles. The minimum Gasteiger partial charge on any atom is -0.390 e. The summed E-state index contributed by atoms with van der Waals surface area (Å²) in [6.45, 7) is 0. The van der Waals surface area contributed by atoms with Gasteiger partial charge in [-0.25, -0.2) is 0 Å². The van der Waals surface area contributed by atoms with E-state index in [4.69, 9.17) is 6.42 Å². The molecule has 0 aromatic heterocycles. The maximum absolute atomic E-state index is 9.46. The fourth-order valence-electron chi connectivity index (χ4n) is 1.34. The second kappa shape index (κ2) is 4.49. The summed E-state index contributed by atoms with van der Waals surface area (Å²) in [5, 5.41) is 18.9. The van der Waals surface area contributed by atoms with Gasteiger partial charge in [-0.05, 0) is 31.6 Å². The van der Waals surface area contributed by atoms with E-state index in [9.17, 15) is 10.2 Å². The number of aliphatic hydroxyl groups is 2. The second-order valence-corrected chi connectivity index (χ2v) is 3.49. The zero-order chi connectivity index (χ0) is 8.97. The molecule has 0 aromatic carbocycles. The molecule has 0 bridgehead atoms. The van der Waals surface area contributed by atoms with Gasteiger partial charge in [-0.3, -0.25) is 0 Å². The van der Waals surface area contributed by atoms with E-state index in [0.29, 0.717) is 18.8 Å². The summed E-state index contributed by atoms with van der Waals surface area (Å²) >= 11 is 0. The van der Waals surface area contributed by atoms with Crippen molar-refractivity contribution in [3.8, 4) is 12.3 Å². The maximum atomic E-state index is 9.46. The Balaban J connectivity index is 2.09. The average Bonchev–Trinajstić information content (AvgIpc) is 2.86. The monoisotopic (exact) mass is 168 g/mol. The molecule has 2 nitrogen and oxygen atoms in total. The molecule has 0 radical (unpaired) electrons. The van der Waals surface area contributed by atoms with Crippen LogP contribution in [0.25, 0.3) is 0 Å². The van der Waals surface area contributed by atoms with Gasteiger partial charge in [-0.2, -0.15) is 0 Å². The Bertz CT molecular complexity index is 167. The quantitative estimate of drug-likeness (QED) is 0.473. The van der Waals surface area contributed by atoms with Gasteiger partial charge in [0, 0.05) is 6.42 Å². The van der Waals surface area contributed by atoms with Crippen LogP contribution in [0.1, 0.15) is 32.1 Å². The SMILES string of the molecule is C#CCCCC(O)C(O)C1CC1. The number of unbranched alkanes of at least 4 members (excludes halogenated alkanes) is 1. The summed E-state index contributed by atoms with van der Waals surface area (Å²) in [5.41, 5.74) is 0. The van der Waals surface area contributed by atoms with Crippen molar-refractivity contribution in [1.82, 2.24) is 0 Å². The second-order valence-electron chi connectivity index (χ2n) is 3.49. The minimum absolute atomic E-state index is 0.353. The molecule has 0 spiro atoms. The lowest BCUT2D eigenvalue weighted by atomic mass is 10.0. The van der Waals surface area contributed by atoms with E-state index in [1.807, 2.05) is 0 Å². The summed E-state index contributed by atoms with van der Waals surface area (Å²) in [5.74, 6) is 2.87. The first kappa shape index (κ1) is 9.57. The Labute approximate surface area is 73.6 Å². The predicted octanol–water partition coefficient (Wildman–Crippen LogP) is 0.922. The zero-order valence-electron chi connectivity index (χ0n) is 7.24. The molecule has 2 heteroatoms.